The molecule has 1 unspecified atom stereocenters. The number of ether oxygens (including phenoxy) is 2. The lowest BCUT2D eigenvalue weighted by Crippen LogP contribution is -2.28. The lowest BCUT2D eigenvalue weighted by Gasteiger charge is -2.20. The molecule has 0 aliphatic heterocycles. The molecule has 0 aliphatic carbocycles. The summed E-state index contributed by atoms with van der Waals surface area (Å²) in [7, 11) is -4.27. The number of carbonyl (C=O) groups excluding carboxylic acids is 1. The number of nitrogens with two attached hydrogens (primary N) is 1. The summed E-state index contributed by atoms with van der Waals surface area (Å²) >= 11 is 0. The van der Waals surface area contributed by atoms with E-state index in [4.69, 9.17) is 24.3 Å². The van der Waals surface area contributed by atoms with Crippen molar-refractivity contribution in [1.82, 2.24) is 0 Å². The van der Waals surface area contributed by atoms with Crippen molar-refractivity contribution in [2.24, 2.45) is 5.73 Å². The summed E-state index contributed by atoms with van der Waals surface area (Å²) in [6, 6.07) is 0. The van der Waals surface area contributed by atoms with Crippen LogP contribution in [0, 0.1) is 0 Å². The second-order valence-corrected chi connectivity index (χ2v) is 14.2. The summed E-state index contributed by atoms with van der Waals surface area (Å²) in [5, 5.41) is 0. The number of hydrogen-bond donors (Lipinski definition) is 2. The van der Waals surface area contributed by atoms with E-state index in [1.54, 1.807) is 0 Å². The molecule has 0 amide bonds. The molecule has 0 heterocycles. The molecular formula is C38H74NO7P. The van der Waals surface area contributed by atoms with Gasteiger partial charge in [0.2, 0.25) is 0 Å². The van der Waals surface area contributed by atoms with Crippen LogP contribution in [0.4, 0.5) is 0 Å². The zero-order chi connectivity index (χ0) is 34.5. The third-order valence-corrected chi connectivity index (χ3v) is 9.11. The minimum Gasteiger partial charge on any atom is -0.457 e. The molecule has 0 radical (unpaired) electrons. The van der Waals surface area contributed by atoms with E-state index in [1.165, 1.54) is 96.3 Å². The third kappa shape index (κ3) is 36.1. The van der Waals surface area contributed by atoms with E-state index < -0.39 is 13.9 Å². The molecule has 0 bridgehead atoms. The average Bonchev–Trinajstić information content (AvgIpc) is 3.06. The van der Waals surface area contributed by atoms with Crippen LogP contribution in [0.25, 0.3) is 0 Å². The number of hydrogen-bond acceptors (Lipinski definition) is 7. The topological polar surface area (TPSA) is 117 Å². The highest BCUT2D eigenvalue weighted by atomic mass is 31.2. The molecule has 0 saturated heterocycles. The third-order valence-electron chi connectivity index (χ3n) is 8.12. The van der Waals surface area contributed by atoms with Crippen molar-refractivity contribution in [1.29, 1.82) is 0 Å². The van der Waals surface area contributed by atoms with Gasteiger partial charge in [0.1, 0.15) is 6.10 Å². The standard InChI is InChI=1S/C38H74NO7P/c1-3-5-7-9-11-13-15-17-19-21-23-25-27-29-31-38(40)46-37(36-45-47(41,42)44-34-32-39)35-43-33-30-28-26-24-22-20-18-16-14-12-10-8-6-4-2/h9,11,15,17,37H,3-8,10,12-14,16,18-36,39H2,1-2H3,(H,41,42)/b11-9-,17-15-/t37-/m1/s1. The van der Waals surface area contributed by atoms with Crippen LogP contribution in [0.2, 0.25) is 0 Å². The number of allylic oxidation sites excluding steroid dienone is 4. The summed E-state index contributed by atoms with van der Waals surface area (Å²) < 4.78 is 33.3. The fraction of sp³-hybridized carbons (Fsp3) is 0.868. The van der Waals surface area contributed by atoms with Crippen LogP contribution in [0.3, 0.4) is 0 Å². The Morgan fingerprint density at radius 2 is 1.15 bits per heavy atom. The second kappa shape index (κ2) is 36.3. The SMILES string of the molecule is CCCC/C=C\C/C=C\CCCCCCCC(=O)O[C@H](COCCCCCCCCCCCCCCCC)COP(=O)(O)OCCN. The molecule has 2 atom stereocenters. The Bertz CT molecular complexity index is 777. The number of carbonyl (C=O) groups is 1. The number of rotatable bonds is 37. The van der Waals surface area contributed by atoms with Crippen molar-refractivity contribution in [2.75, 3.05) is 33.0 Å². The van der Waals surface area contributed by atoms with Crippen LogP contribution in [-0.2, 0) is 27.9 Å². The highest BCUT2D eigenvalue weighted by Gasteiger charge is 2.25. The van der Waals surface area contributed by atoms with Gasteiger partial charge in [-0.15, -0.1) is 0 Å². The number of phosphoric ester groups is 1. The van der Waals surface area contributed by atoms with E-state index in [2.05, 4.69) is 38.2 Å². The summed E-state index contributed by atoms with van der Waals surface area (Å²) in [5.74, 6) is -0.343. The molecule has 0 aromatic heterocycles. The fourth-order valence-electron chi connectivity index (χ4n) is 5.25. The quantitative estimate of drug-likeness (QED) is 0.0287. The molecule has 47 heavy (non-hydrogen) atoms. The van der Waals surface area contributed by atoms with Crippen molar-refractivity contribution < 1.29 is 32.8 Å². The Labute approximate surface area is 289 Å². The Hall–Kier alpha value is -1.02. The monoisotopic (exact) mass is 688 g/mol. The maximum Gasteiger partial charge on any atom is 0.472 e. The number of unbranched alkanes of at least 4 members (excludes halogenated alkanes) is 20. The van der Waals surface area contributed by atoms with Crippen molar-refractivity contribution in [3.05, 3.63) is 24.3 Å². The largest absolute Gasteiger partial charge is 0.472 e. The smallest absolute Gasteiger partial charge is 0.457 e. The van der Waals surface area contributed by atoms with E-state index in [0.29, 0.717) is 13.0 Å². The molecular weight excluding hydrogens is 613 g/mol. The Morgan fingerprint density at radius 1 is 0.638 bits per heavy atom. The molecule has 0 rings (SSSR count). The van der Waals surface area contributed by atoms with Crippen molar-refractivity contribution in [3.63, 3.8) is 0 Å². The van der Waals surface area contributed by atoms with Crippen LogP contribution >= 0.6 is 7.82 Å². The van der Waals surface area contributed by atoms with Crippen LogP contribution in [-0.4, -0.2) is 49.9 Å². The zero-order valence-electron chi connectivity index (χ0n) is 30.5. The van der Waals surface area contributed by atoms with Gasteiger partial charge in [-0.25, -0.2) is 4.57 Å². The molecule has 8 nitrogen and oxygen atoms in total. The summed E-state index contributed by atoms with van der Waals surface area (Å²) in [4.78, 5) is 22.4. The molecule has 0 fully saturated rings. The van der Waals surface area contributed by atoms with Gasteiger partial charge in [-0.05, 0) is 38.5 Å². The van der Waals surface area contributed by atoms with E-state index in [9.17, 15) is 14.3 Å². The molecule has 0 aliphatic rings. The first-order chi connectivity index (χ1) is 22.9. The Kier molecular flexibility index (Phi) is 35.5. The van der Waals surface area contributed by atoms with Crippen LogP contribution in [0.1, 0.15) is 174 Å². The molecule has 278 valence electrons. The van der Waals surface area contributed by atoms with Gasteiger partial charge in [-0.1, -0.05) is 154 Å². The highest BCUT2D eigenvalue weighted by Crippen LogP contribution is 2.43. The van der Waals surface area contributed by atoms with Gasteiger partial charge in [0.15, 0.2) is 0 Å². The van der Waals surface area contributed by atoms with Crippen molar-refractivity contribution in [2.45, 2.75) is 180 Å². The summed E-state index contributed by atoms with van der Waals surface area (Å²) in [6.07, 6.45) is 37.5. The first-order valence-electron chi connectivity index (χ1n) is 19.3. The van der Waals surface area contributed by atoms with E-state index in [-0.39, 0.29) is 32.3 Å². The molecule has 9 heteroatoms. The molecule has 0 spiro atoms. The maximum atomic E-state index is 12.5. The molecule has 0 saturated carbocycles. The fourth-order valence-corrected chi connectivity index (χ4v) is 6.01. The van der Waals surface area contributed by atoms with E-state index in [1.807, 2.05) is 0 Å². The minimum atomic E-state index is -4.27. The first kappa shape index (κ1) is 46.0. The van der Waals surface area contributed by atoms with Gasteiger partial charge >= 0.3 is 13.8 Å². The molecule has 0 aromatic carbocycles. The number of esters is 1. The van der Waals surface area contributed by atoms with Crippen LogP contribution < -0.4 is 5.73 Å². The van der Waals surface area contributed by atoms with E-state index >= 15 is 0 Å². The Balaban J connectivity index is 4.09. The van der Waals surface area contributed by atoms with Gasteiger partial charge in [0.25, 0.3) is 0 Å². The van der Waals surface area contributed by atoms with Gasteiger partial charge in [0.05, 0.1) is 19.8 Å². The van der Waals surface area contributed by atoms with Crippen LogP contribution in [0.5, 0.6) is 0 Å². The predicted octanol–water partition coefficient (Wildman–Crippen LogP) is 10.9. The predicted molar refractivity (Wildman–Crippen MR) is 197 cm³/mol. The van der Waals surface area contributed by atoms with E-state index in [0.717, 1.165) is 57.8 Å². The number of phosphoric acid groups is 1. The van der Waals surface area contributed by atoms with Gasteiger partial charge in [-0.3, -0.25) is 13.8 Å². The normalized spacial score (nSPS) is 13.9. The highest BCUT2D eigenvalue weighted by molar-refractivity contribution is 7.47. The van der Waals surface area contributed by atoms with Crippen molar-refractivity contribution >= 4 is 13.8 Å². The molecule has 0 aromatic rings. The summed E-state index contributed by atoms with van der Waals surface area (Å²) in [5.41, 5.74) is 5.35. The van der Waals surface area contributed by atoms with Gasteiger partial charge in [-0.2, -0.15) is 0 Å². The minimum absolute atomic E-state index is 0.0966. The lowest BCUT2D eigenvalue weighted by molar-refractivity contribution is -0.154. The average molecular weight is 688 g/mol. The first-order valence-corrected chi connectivity index (χ1v) is 20.8. The summed E-state index contributed by atoms with van der Waals surface area (Å²) in [6.45, 7) is 4.87. The van der Waals surface area contributed by atoms with Gasteiger partial charge < -0.3 is 20.1 Å². The second-order valence-electron chi connectivity index (χ2n) is 12.8. The molecule has 3 N–H and O–H groups in total. The zero-order valence-corrected chi connectivity index (χ0v) is 31.4. The maximum absolute atomic E-state index is 12.5. The Morgan fingerprint density at radius 3 is 1.72 bits per heavy atom. The van der Waals surface area contributed by atoms with Gasteiger partial charge in [0, 0.05) is 19.6 Å². The van der Waals surface area contributed by atoms with Crippen LogP contribution in [0.15, 0.2) is 24.3 Å². The van der Waals surface area contributed by atoms with Crippen molar-refractivity contribution in [3.8, 4) is 0 Å². The lowest BCUT2D eigenvalue weighted by atomic mass is 10.0.